The van der Waals surface area contributed by atoms with Crippen molar-refractivity contribution in [2.75, 3.05) is 34.4 Å². The fourth-order valence-electron chi connectivity index (χ4n) is 2.26. The van der Waals surface area contributed by atoms with Crippen LogP contribution in [0.2, 0.25) is 0 Å². The van der Waals surface area contributed by atoms with Gasteiger partial charge in [0.05, 0.1) is 16.5 Å². The molecule has 0 fully saturated rings. The molecule has 2 aromatic rings. The van der Waals surface area contributed by atoms with E-state index < -0.39 is 0 Å². The number of allylic oxidation sites excluding steroid dienone is 2. The summed E-state index contributed by atoms with van der Waals surface area (Å²) in [5.41, 5.74) is 10.5. The molecule has 1 heterocycles. The van der Waals surface area contributed by atoms with Gasteiger partial charge in [0, 0.05) is 42.6 Å². The second kappa shape index (κ2) is 23.9. The molecular weight excluding hydrogens is 548 g/mol. The second-order valence-electron chi connectivity index (χ2n) is 6.82. The number of ether oxygens (including phenoxy) is 1. The van der Waals surface area contributed by atoms with Crippen molar-refractivity contribution in [1.29, 1.82) is 0 Å². The number of thiocarbonyl (C=S) groups is 1. The van der Waals surface area contributed by atoms with Crippen molar-refractivity contribution < 1.29 is 14.3 Å². The van der Waals surface area contributed by atoms with Gasteiger partial charge in [-0.25, -0.2) is 4.98 Å². The standard InChI is InChI=1S/C16H16BrN3OS2.C4H9NO.C3H8O.C2H6/c17-13(9-21)15(20-10-22)6-5-14(18)11-1-3-12(4-2-11)16-19-7-8-23-16;1-5(2)3-4-6;1-3-4-2;1-2/h1-4,7-10,14H,5-6,18H2,(H,20,22);4H,3H2,1-2H3;3H2,1-2H3;1-2H3/b15-13+;;;. The first-order valence-corrected chi connectivity index (χ1v) is 13.4. The molecule has 1 aromatic heterocycles. The van der Waals surface area contributed by atoms with E-state index in [1.807, 2.05) is 69.4 Å². The van der Waals surface area contributed by atoms with Crippen molar-refractivity contribution in [2.45, 2.75) is 39.7 Å². The molecule has 2 rings (SSSR count). The highest BCUT2D eigenvalue weighted by atomic mass is 79.9. The van der Waals surface area contributed by atoms with Gasteiger partial charge in [-0.05, 0) is 55.4 Å². The first-order chi connectivity index (χ1) is 16.8. The number of methoxy groups -OCH3 is 1. The number of aldehydes is 2. The number of rotatable bonds is 11. The zero-order chi connectivity index (χ0) is 27.1. The van der Waals surface area contributed by atoms with Crippen molar-refractivity contribution in [3.63, 3.8) is 0 Å². The van der Waals surface area contributed by atoms with E-state index in [0.29, 0.717) is 23.9 Å². The average molecular weight is 588 g/mol. The van der Waals surface area contributed by atoms with Crippen molar-refractivity contribution in [3.8, 4) is 10.6 Å². The van der Waals surface area contributed by atoms with Crippen molar-refractivity contribution >= 4 is 57.5 Å². The molecule has 10 heteroatoms. The Morgan fingerprint density at radius 3 is 2.26 bits per heavy atom. The number of likely N-dealkylation sites (N-methyl/N-ethyl adjacent to an activating group) is 1. The number of halogens is 1. The number of hydrogen-bond acceptors (Lipinski definition) is 8. The van der Waals surface area contributed by atoms with E-state index in [2.05, 4.69) is 31.0 Å². The number of nitrogens with zero attached hydrogens (tertiary/aromatic N) is 2. The van der Waals surface area contributed by atoms with E-state index in [1.54, 1.807) is 24.6 Å². The van der Waals surface area contributed by atoms with Crippen LogP contribution in [0.25, 0.3) is 10.6 Å². The third-order valence-electron chi connectivity index (χ3n) is 4.08. The number of nitrogens with one attached hydrogen (secondary N) is 1. The van der Waals surface area contributed by atoms with E-state index in [0.717, 1.165) is 41.0 Å². The molecule has 0 bridgehead atoms. The van der Waals surface area contributed by atoms with Crippen molar-refractivity contribution in [1.82, 2.24) is 15.2 Å². The van der Waals surface area contributed by atoms with Crippen molar-refractivity contribution in [3.05, 3.63) is 51.6 Å². The Morgan fingerprint density at radius 2 is 1.89 bits per heavy atom. The SMILES string of the molecule is CC.CCOC.CN(C)CC=O.NC(CC/C(NC=S)=C(\Br)C=O)c1ccc(-c2nccs2)cc1. The monoisotopic (exact) mass is 586 g/mol. The number of aromatic nitrogens is 1. The van der Waals surface area contributed by atoms with Gasteiger partial charge in [-0.15, -0.1) is 11.3 Å². The summed E-state index contributed by atoms with van der Waals surface area (Å²) in [5.74, 6) is 0. The maximum atomic E-state index is 10.9. The van der Waals surface area contributed by atoms with Crippen LogP contribution in [0.5, 0.6) is 0 Å². The van der Waals surface area contributed by atoms with E-state index in [1.165, 1.54) is 5.49 Å². The third kappa shape index (κ3) is 17.3. The number of benzene rings is 1. The Bertz CT molecular complexity index is 828. The number of nitrogens with two attached hydrogens (primary N) is 1. The third-order valence-corrected chi connectivity index (χ3v) is 5.68. The lowest BCUT2D eigenvalue weighted by Gasteiger charge is -2.14. The minimum atomic E-state index is -0.116. The first kappa shape index (κ1) is 35.3. The molecular formula is C25H39BrN4O3S2. The Balaban J connectivity index is 0. The maximum Gasteiger partial charge on any atom is 0.158 e. The average Bonchev–Trinajstić information content (AvgIpc) is 3.43. The van der Waals surface area contributed by atoms with Crippen LogP contribution < -0.4 is 11.1 Å². The van der Waals surface area contributed by atoms with Crippen molar-refractivity contribution in [2.24, 2.45) is 5.73 Å². The van der Waals surface area contributed by atoms with Crippen LogP contribution in [-0.2, 0) is 14.3 Å². The molecule has 0 aliphatic carbocycles. The van der Waals surface area contributed by atoms with Crippen LogP contribution in [0.3, 0.4) is 0 Å². The quantitative estimate of drug-likeness (QED) is 0.206. The Hall–Kier alpha value is -1.82. The summed E-state index contributed by atoms with van der Waals surface area (Å²) in [6, 6.07) is 7.98. The van der Waals surface area contributed by atoms with Crippen LogP contribution in [0.4, 0.5) is 0 Å². The lowest BCUT2D eigenvalue weighted by atomic mass is 10.0. The molecule has 0 amide bonds. The predicted octanol–water partition coefficient (Wildman–Crippen LogP) is 5.37. The molecule has 196 valence electrons. The van der Waals surface area contributed by atoms with Crippen LogP contribution in [0.1, 0.15) is 45.2 Å². The molecule has 3 N–H and O–H groups in total. The predicted molar refractivity (Wildman–Crippen MR) is 156 cm³/mol. The number of carbonyl (C=O) groups excluding carboxylic acids is 2. The van der Waals surface area contributed by atoms with Gasteiger partial charge in [-0.1, -0.05) is 50.3 Å². The Morgan fingerprint density at radius 1 is 1.29 bits per heavy atom. The smallest absolute Gasteiger partial charge is 0.158 e. The summed E-state index contributed by atoms with van der Waals surface area (Å²) in [4.78, 5) is 26.5. The number of carbonyl (C=O) groups is 2. The zero-order valence-electron chi connectivity index (χ0n) is 21.5. The lowest BCUT2D eigenvalue weighted by molar-refractivity contribution is -0.108. The minimum absolute atomic E-state index is 0.116. The van der Waals surface area contributed by atoms with Gasteiger partial charge in [0.15, 0.2) is 6.29 Å². The summed E-state index contributed by atoms with van der Waals surface area (Å²) in [5, 5.41) is 5.85. The molecule has 0 aliphatic rings. The van der Waals surface area contributed by atoms with Crippen LogP contribution in [0, 0.1) is 0 Å². The lowest BCUT2D eigenvalue weighted by Crippen LogP contribution is -2.15. The molecule has 0 saturated heterocycles. The zero-order valence-corrected chi connectivity index (χ0v) is 24.7. The van der Waals surface area contributed by atoms with E-state index in [-0.39, 0.29) is 6.04 Å². The van der Waals surface area contributed by atoms with Gasteiger partial charge < -0.3 is 25.5 Å². The summed E-state index contributed by atoms with van der Waals surface area (Å²) in [7, 11) is 5.39. The molecule has 35 heavy (non-hydrogen) atoms. The molecule has 1 atom stereocenters. The maximum absolute atomic E-state index is 10.9. The molecule has 1 unspecified atom stereocenters. The van der Waals surface area contributed by atoms with Gasteiger partial charge in [0.25, 0.3) is 0 Å². The summed E-state index contributed by atoms with van der Waals surface area (Å²) < 4.78 is 5.00. The van der Waals surface area contributed by atoms with Crippen LogP contribution in [0.15, 0.2) is 46.0 Å². The van der Waals surface area contributed by atoms with E-state index in [4.69, 9.17) is 18.0 Å². The molecule has 0 saturated carbocycles. The molecule has 0 aliphatic heterocycles. The Labute approximate surface area is 228 Å². The highest BCUT2D eigenvalue weighted by molar-refractivity contribution is 9.12. The highest BCUT2D eigenvalue weighted by Gasteiger charge is 2.10. The summed E-state index contributed by atoms with van der Waals surface area (Å²) >= 11 is 9.60. The topological polar surface area (TPSA) is 97.5 Å². The highest BCUT2D eigenvalue weighted by Crippen LogP contribution is 2.25. The van der Waals surface area contributed by atoms with Gasteiger partial charge in [-0.3, -0.25) is 4.79 Å². The minimum Gasteiger partial charge on any atom is -0.385 e. The van der Waals surface area contributed by atoms with Gasteiger partial charge in [-0.2, -0.15) is 0 Å². The fraction of sp³-hybridized carbons (Fsp3) is 0.440. The number of thiazole rings is 1. The normalized spacial score (nSPS) is 11.2. The molecule has 1 aromatic carbocycles. The first-order valence-electron chi connectivity index (χ1n) is 11.2. The van der Waals surface area contributed by atoms with E-state index >= 15 is 0 Å². The fourth-order valence-corrected chi connectivity index (χ4v) is 3.36. The molecule has 0 spiro atoms. The number of hydrogen-bond donors (Lipinski definition) is 2. The molecule has 0 radical (unpaired) electrons. The van der Waals surface area contributed by atoms with E-state index in [9.17, 15) is 9.59 Å². The summed E-state index contributed by atoms with van der Waals surface area (Å²) in [6.45, 7) is 7.31. The van der Waals surface area contributed by atoms with Crippen LogP contribution >= 0.6 is 39.5 Å². The van der Waals surface area contributed by atoms with Gasteiger partial charge >= 0.3 is 0 Å². The van der Waals surface area contributed by atoms with Gasteiger partial charge in [0.2, 0.25) is 0 Å². The largest absolute Gasteiger partial charge is 0.385 e. The van der Waals surface area contributed by atoms with Gasteiger partial charge in [0.1, 0.15) is 11.3 Å². The second-order valence-corrected chi connectivity index (χ2v) is 8.80. The molecule has 7 nitrogen and oxygen atoms in total. The summed E-state index contributed by atoms with van der Waals surface area (Å²) in [6.07, 6.45) is 4.74. The Kier molecular flexibility index (Phi) is 24.1. The van der Waals surface area contributed by atoms with Crippen LogP contribution in [-0.4, -0.2) is 62.3 Å².